The maximum atomic E-state index is 11.7. The Bertz CT molecular complexity index is 768. The molecule has 0 saturated carbocycles. The molecule has 1 N–H and O–H groups in total. The molecule has 1 atom stereocenters. The summed E-state index contributed by atoms with van der Waals surface area (Å²) in [5.74, 6) is 2.87. The van der Waals surface area contributed by atoms with Crippen LogP contribution in [0.15, 0.2) is 48.5 Å². The van der Waals surface area contributed by atoms with Crippen LogP contribution < -0.4 is 18.9 Å². The molecule has 182 valence electrons. The molecule has 2 aromatic rings. The first kappa shape index (κ1) is 25.2. The van der Waals surface area contributed by atoms with Gasteiger partial charge in [-0.15, -0.1) is 0 Å². The lowest BCUT2D eigenvalue weighted by Crippen LogP contribution is -2.44. The maximum Gasteiger partial charge on any atom is 0.161 e. The van der Waals surface area contributed by atoms with E-state index in [2.05, 4.69) is 13.8 Å². The smallest absolute Gasteiger partial charge is 0.161 e. The number of para-hydroxylation sites is 4. The first-order valence-corrected chi connectivity index (χ1v) is 12.1. The summed E-state index contributed by atoms with van der Waals surface area (Å²) in [6, 6.07) is 15.0. The van der Waals surface area contributed by atoms with Gasteiger partial charge in [0.1, 0.15) is 32.0 Å². The number of hydrogen-bond donors (Lipinski definition) is 1. The predicted molar refractivity (Wildman–Crippen MR) is 129 cm³/mol. The van der Waals surface area contributed by atoms with E-state index in [4.69, 9.17) is 23.7 Å². The first-order valence-electron chi connectivity index (χ1n) is 12.1. The van der Waals surface area contributed by atoms with Gasteiger partial charge in [-0.25, -0.2) is 0 Å². The van der Waals surface area contributed by atoms with Crippen molar-refractivity contribution in [3.63, 3.8) is 0 Å². The zero-order valence-electron chi connectivity index (χ0n) is 20.0. The average Bonchev–Trinajstić information content (AvgIpc) is 2.84. The second kappa shape index (κ2) is 13.3. The zero-order valence-corrected chi connectivity index (χ0v) is 20.0. The van der Waals surface area contributed by atoms with Crippen LogP contribution in [-0.4, -0.2) is 50.3 Å². The molecule has 0 saturated heterocycles. The molecule has 0 amide bonds. The minimum Gasteiger partial charge on any atom is -0.487 e. The van der Waals surface area contributed by atoms with Gasteiger partial charge >= 0.3 is 0 Å². The van der Waals surface area contributed by atoms with Gasteiger partial charge < -0.3 is 28.8 Å². The average molecular weight is 459 g/mol. The Morgan fingerprint density at radius 3 is 1.70 bits per heavy atom. The van der Waals surface area contributed by atoms with Crippen molar-refractivity contribution < 1.29 is 28.8 Å². The predicted octanol–water partition coefficient (Wildman–Crippen LogP) is 5.27. The highest BCUT2D eigenvalue weighted by atomic mass is 16.6. The second-order valence-electron chi connectivity index (χ2n) is 8.63. The van der Waals surface area contributed by atoms with Crippen LogP contribution in [0.5, 0.6) is 23.0 Å². The Hall–Kier alpha value is -2.44. The fourth-order valence-corrected chi connectivity index (χ4v) is 3.96. The molecule has 2 aromatic carbocycles. The van der Waals surface area contributed by atoms with Crippen molar-refractivity contribution in [3.05, 3.63) is 48.5 Å². The number of fused-ring (bicyclic) bond motifs is 2. The molecule has 1 heterocycles. The van der Waals surface area contributed by atoms with Crippen molar-refractivity contribution in [2.24, 2.45) is 5.92 Å². The summed E-state index contributed by atoms with van der Waals surface area (Å²) >= 11 is 0. The molecule has 1 aliphatic rings. The summed E-state index contributed by atoms with van der Waals surface area (Å²) in [5.41, 5.74) is -1.16. The number of rotatable bonds is 6. The van der Waals surface area contributed by atoms with Crippen LogP contribution in [0.25, 0.3) is 0 Å². The Morgan fingerprint density at radius 2 is 1.24 bits per heavy atom. The van der Waals surface area contributed by atoms with Crippen LogP contribution in [0, 0.1) is 5.92 Å². The molecule has 1 unspecified atom stereocenters. The van der Waals surface area contributed by atoms with Gasteiger partial charge in [0.2, 0.25) is 0 Å². The fourth-order valence-electron chi connectivity index (χ4n) is 3.96. The SMILES string of the molecule is CCCCC(CC)CC1(O)COc2ccccc2OCCOCCOc2ccccc2OC1. The van der Waals surface area contributed by atoms with Gasteiger partial charge in [-0.05, 0) is 36.6 Å². The molecule has 1 aliphatic heterocycles. The number of aliphatic hydroxyl groups is 1. The highest BCUT2D eigenvalue weighted by molar-refractivity contribution is 5.40. The van der Waals surface area contributed by atoms with E-state index < -0.39 is 5.60 Å². The summed E-state index contributed by atoms with van der Waals surface area (Å²) in [6.07, 6.45) is 4.96. The lowest BCUT2D eigenvalue weighted by molar-refractivity contribution is -0.0586. The highest BCUT2D eigenvalue weighted by Crippen LogP contribution is 2.32. The fraction of sp³-hybridized carbons (Fsp3) is 0.556. The summed E-state index contributed by atoms with van der Waals surface area (Å²) in [5, 5.41) is 11.7. The Labute approximate surface area is 197 Å². The van der Waals surface area contributed by atoms with Crippen LogP contribution >= 0.6 is 0 Å². The maximum absolute atomic E-state index is 11.7. The third-order valence-electron chi connectivity index (χ3n) is 5.87. The van der Waals surface area contributed by atoms with Crippen LogP contribution in [0.4, 0.5) is 0 Å². The normalized spacial score (nSPS) is 17.8. The van der Waals surface area contributed by atoms with E-state index in [1.807, 2.05) is 48.5 Å². The molecule has 0 radical (unpaired) electrons. The molecule has 0 aliphatic carbocycles. The van der Waals surface area contributed by atoms with Crippen molar-refractivity contribution in [1.82, 2.24) is 0 Å². The van der Waals surface area contributed by atoms with E-state index in [9.17, 15) is 5.11 Å². The Balaban J connectivity index is 1.82. The zero-order chi connectivity index (χ0) is 23.4. The van der Waals surface area contributed by atoms with E-state index in [-0.39, 0.29) is 13.2 Å². The molecule has 0 spiro atoms. The molecule has 0 fully saturated rings. The van der Waals surface area contributed by atoms with E-state index in [0.29, 0.717) is 61.8 Å². The summed E-state index contributed by atoms with van der Waals surface area (Å²) in [6.45, 7) is 6.27. The van der Waals surface area contributed by atoms with Gasteiger partial charge in [-0.1, -0.05) is 63.8 Å². The van der Waals surface area contributed by atoms with E-state index >= 15 is 0 Å². The van der Waals surface area contributed by atoms with E-state index in [0.717, 1.165) is 25.7 Å². The lowest BCUT2D eigenvalue weighted by atomic mass is 9.86. The molecule has 6 nitrogen and oxygen atoms in total. The number of hydrogen-bond acceptors (Lipinski definition) is 6. The van der Waals surface area contributed by atoms with E-state index in [1.165, 1.54) is 0 Å². The van der Waals surface area contributed by atoms with Gasteiger partial charge in [0.15, 0.2) is 23.0 Å². The quantitative estimate of drug-likeness (QED) is 0.636. The van der Waals surface area contributed by atoms with Crippen LogP contribution in [0.2, 0.25) is 0 Å². The van der Waals surface area contributed by atoms with Gasteiger partial charge in [0.25, 0.3) is 0 Å². The van der Waals surface area contributed by atoms with Crippen LogP contribution in [0.3, 0.4) is 0 Å². The van der Waals surface area contributed by atoms with Crippen LogP contribution in [-0.2, 0) is 4.74 Å². The molecule has 0 aromatic heterocycles. The number of ether oxygens (including phenoxy) is 5. The third-order valence-corrected chi connectivity index (χ3v) is 5.87. The first-order chi connectivity index (χ1) is 16.1. The lowest BCUT2D eigenvalue weighted by Gasteiger charge is -2.32. The minimum absolute atomic E-state index is 0.107. The van der Waals surface area contributed by atoms with Gasteiger partial charge in [-0.2, -0.15) is 0 Å². The van der Waals surface area contributed by atoms with E-state index in [1.54, 1.807) is 0 Å². The van der Waals surface area contributed by atoms with Gasteiger partial charge in [-0.3, -0.25) is 0 Å². The molecule has 0 bridgehead atoms. The van der Waals surface area contributed by atoms with Crippen molar-refractivity contribution in [2.75, 3.05) is 39.6 Å². The Morgan fingerprint density at radius 1 is 0.758 bits per heavy atom. The van der Waals surface area contributed by atoms with Crippen LogP contribution in [0.1, 0.15) is 46.0 Å². The van der Waals surface area contributed by atoms with Crippen molar-refractivity contribution in [1.29, 1.82) is 0 Å². The van der Waals surface area contributed by atoms with Crippen molar-refractivity contribution >= 4 is 0 Å². The van der Waals surface area contributed by atoms with Crippen molar-refractivity contribution in [2.45, 2.75) is 51.6 Å². The number of benzene rings is 2. The standard InChI is InChI=1S/C27H38O6/c1-3-5-10-22(4-2)19-27(28)20-32-25-13-8-6-11-23(25)30-17-15-29-16-18-31-24-12-7-9-14-26(24)33-21-27/h6-9,11-14,22,28H,3-5,10,15-21H2,1-2H3. The topological polar surface area (TPSA) is 66.4 Å². The highest BCUT2D eigenvalue weighted by Gasteiger charge is 2.33. The third kappa shape index (κ3) is 8.13. The van der Waals surface area contributed by atoms with Gasteiger partial charge in [0, 0.05) is 0 Å². The minimum atomic E-state index is -1.16. The summed E-state index contributed by atoms with van der Waals surface area (Å²) in [4.78, 5) is 0. The molecule has 3 rings (SSSR count). The molecule has 33 heavy (non-hydrogen) atoms. The van der Waals surface area contributed by atoms with Gasteiger partial charge in [0.05, 0.1) is 13.2 Å². The molecular formula is C27H38O6. The summed E-state index contributed by atoms with van der Waals surface area (Å²) < 4.78 is 29.6. The van der Waals surface area contributed by atoms with Crippen molar-refractivity contribution in [3.8, 4) is 23.0 Å². The Kier molecular flexibility index (Phi) is 10.2. The largest absolute Gasteiger partial charge is 0.487 e. The second-order valence-corrected chi connectivity index (χ2v) is 8.63. The monoisotopic (exact) mass is 458 g/mol. The number of unbranched alkanes of at least 4 members (excludes halogenated alkanes) is 1. The molecular weight excluding hydrogens is 420 g/mol. The summed E-state index contributed by atoms with van der Waals surface area (Å²) in [7, 11) is 0. The molecule has 6 heteroatoms.